The highest BCUT2D eigenvalue weighted by Gasteiger charge is 2.38. The van der Waals surface area contributed by atoms with E-state index in [4.69, 9.17) is 0 Å². The van der Waals surface area contributed by atoms with Crippen LogP contribution in [-0.2, 0) is 11.2 Å². The first kappa shape index (κ1) is 9.38. The van der Waals surface area contributed by atoms with Crippen LogP contribution in [0.15, 0.2) is 18.3 Å². The summed E-state index contributed by atoms with van der Waals surface area (Å²) >= 11 is 0. The molecule has 0 spiro atoms. The smallest absolute Gasteiger partial charge is 0.142 e. The SMILES string of the molecule is Cc1ccc(CC(=O)C2CC2C)nc1. The molecule has 0 aromatic carbocycles. The first-order valence-corrected chi connectivity index (χ1v) is 5.11. The van der Waals surface area contributed by atoms with E-state index in [-0.39, 0.29) is 0 Å². The minimum Gasteiger partial charge on any atom is -0.299 e. The number of nitrogens with zero attached hydrogens (tertiary/aromatic N) is 1. The maximum absolute atomic E-state index is 11.6. The van der Waals surface area contributed by atoms with Crippen molar-refractivity contribution in [1.82, 2.24) is 4.98 Å². The zero-order chi connectivity index (χ0) is 10.1. The molecule has 14 heavy (non-hydrogen) atoms. The van der Waals surface area contributed by atoms with E-state index in [0.29, 0.717) is 24.0 Å². The molecule has 1 fully saturated rings. The fourth-order valence-electron chi connectivity index (χ4n) is 1.68. The van der Waals surface area contributed by atoms with Gasteiger partial charge in [-0.1, -0.05) is 13.0 Å². The fraction of sp³-hybridized carbons (Fsp3) is 0.500. The summed E-state index contributed by atoms with van der Waals surface area (Å²) < 4.78 is 0. The molecule has 0 amide bonds. The summed E-state index contributed by atoms with van der Waals surface area (Å²) in [4.78, 5) is 15.9. The van der Waals surface area contributed by atoms with Gasteiger partial charge in [0, 0.05) is 24.2 Å². The lowest BCUT2D eigenvalue weighted by molar-refractivity contribution is -0.119. The molecule has 1 aromatic heterocycles. The predicted octanol–water partition coefficient (Wildman–Crippen LogP) is 2.16. The lowest BCUT2D eigenvalue weighted by atomic mass is 10.1. The molecule has 0 saturated heterocycles. The maximum atomic E-state index is 11.6. The van der Waals surface area contributed by atoms with Crippen LogP contribution in [-0.4, -0.2) is 10.8 Å². The van der Waals surface area contributed by atoms with Gasteiger partial charge in [0.1, 0.15) is 5.78 Å². The molecule has 1 aromatic rings. The van der Waals surface area contributed by atoms with Gasteiger partial charge in [0.2, 0.25) is 0 Å². The van der Waals surface area contributed by atoms with Crippen molar-refractivity contribution in [1.29, 1.82) is 0 Å². The van der Waals surface area contributed by atoms with Crippen LogP contribution >= 0.6 is 0 Å². The summed E-state index contributed by atoms with van der Waals surface area (Å²) in [7, 11) is 0. The number of ketones is 1. The molecule has 2 unspecified atom stereocenters. The van der Waals surface area contributed by atoms with Gasteiger partial charge < -0.3 is 0 Å². The van der Waals surface area contributed by atoms with E-state index in [2.05, 4.69) is 11.9 Å². The van der Waals surface area contributed by atoms with Gasteiger partial charge in [0.05, 0.1) is 0 Å². The molecular weight excluding hydrogens is 174 g/mol. The number of aryl methyl sites for hydroxylation is 1. The third-order valence-electron chi connectivity index (χ3n) is 2.85. The molecule has 74 valence electrons. The molecule has 2 atom stereocenters. The number of Topliss-reactive ketones (excluding diaryl/α,β-unsaturated/α-hetero) is 1. The average Bonchev–Trinajstić information content (AvgIpc) is 2.87. The molecule has 0 N–H and O–H groups in total. The van der Waals surface area contributed by atoms with Gasteiger partial charge in [0.25, 0.3) is 0 Å². The van der Waals surface area contributed by atoms with Crippen molar-refractivity contribution < 1.29 is 4.79 Å². The molecule has 0 radical (unpaired) electrons. The molecule has 1 aliphatic rings. The van der Waals surface area contributed by atoms with Crippen molar-refractivity contribution >= 4 is 5.78 Å². The number of rotatable bonds is 3. The Labute approximate surface area is 84.4 Å². The minimum atomic E-state index is 0.318. The highest BCUT2D eigenvalue weighted by molar-refractivity contribution is 5.85. The Hall–Kier alpha value is -1.18. The molecule has 2 nitrogen and oxygen atoms in total. The lowest BCUT2D eigenvalue weighted by Crippen LogP contribution is -2.07. The number of hydrogen-bond acceptors (Lipinski definition) is 2. The van der Waals surface area contributed by atoms with Crippen LogP contribution in [0.4, 0.5) is 0 Å². The monoisotopic (exact) mass is 189 g/mol. The van der Waals surface area contributed by atoms with Crippen LogP contribution in [0.3, 0.4) is 0 Å². The van der Waals surface area contributed by atoms with Crippen molar-refractivity contribution in [2.24, 2.45) is 11.8 Å². The van der Waals surface area contributed by atoms with Crippen LogP contribution < -0.4 is 0 Å². The van der Waals surface area contributed by atoms with Crippen LogP contribution in [0.1, 0.15) is 24.6 Å². The van der Waals surface area contributed by atoms with Gasteiger partial charge >= 0.3 is 0 Å². The number of aromatic nitrogens is 1. The van der Waals surface area contributed by atoms with E-state index in [1.54, 1.807) is 0 Å². The van der Waals surface area contributed by atoms with Crippen molar-refractivity contribution in [2.45, 2.75) is 26.7 Å². The van der Waals surface area contributed by atoms with Crippen molar-refractivity contribution in [3.63, 3.8) is 0 Å². The average molecular weight is 189 g/mol. The van der Waals surface area contributed by atoms with Gasteiger partial charge in [-0.05, 0) is 30.9 Å². The zero-order valence-electron chi connectivity index (χ0n) is 8.66. The minimum absolute atomic E-state index is 0.318. The number of hydrogen-bond donors (Lipinski definition) is 0. The molecule has 2 heteroatoms. The van der Waals surface area contributed by atoms with Gasteiger partial charge in [-0.3, -0.25) is 9.78 Å². The second kappa shape index (κ2) is 3.52. The van der Waals surface area contributed by atoms with Crippen molar-refractivity contribution in [3.05, 3.63) is 29.6 Å². The lowest BCUT2D eigenvalue weighted by Gasteiger charge is -1.99. The van der Waals surface area contributed by atoms with Gasteiger partial charge in [-0.2, -0.15) is 0 Å². The summed E-state index contributed by atoms with van der Waals surface area (Å²) in [5.74, 6) is 1.28. The van der Waals surface area contributed by atoms with Crippen LogP contribution in [0.2, 0.25) is 0 Å². The van der Waals surface area contributed by atoms with E-state index < -0.39 is 0 Å². The Bertz CT molecular complexity index is 342. The Morgan fingerprint density at radius 2 is 2.29 bits per heavy atom. The Morgan fingerprint density at radius 1 is 1.57 bits per heavy atom. The third-order valence-corrected chi connectivity index (χ3v) is 2.85. The standard InChI is InChI=1S/C12H15NO/c1-8-3-4-10(13-7-8)6-12(14)11-5-9(11)2/h3-4,7,9,11H,5-6H2,1-2H3. The van der Waals surface area contributed by atoms with E-state index in [1.807, 2.05) is 25.3 Å². The molecule has 2 rings (SSSR count). The molecule has 0 aliphatic heterocycles. The van der Waals surface area contributed by atoms with Gasteiger partial charge in [0.15, 0.2) is 0 Å². The third kappa shape index (κ3) is 2.00. The first-order chi connectivity index (χ1) is 6.66. The largest absolute Gasteiger partial charge is 0.299 e. The summed E-state index contributed by atoms with van der Waals surface area (Å²) in [5, 5.41) is 0. The molecular formula is C12H15NO. The highest BCUT2D eigenvalue weighted by Crippen LogP contribution is 2.38. The van der Waals surface area contributed by atoms with Crippen molar-refractivity contribution in [2.75, 3.05) is 0 Å². The van der Waals surface area contributed by atoms with E-state index in [9.17, 15) is 4.79 Å². The Morgan fingerprint density at radius 3 is 2.79 bits per heavy atom. The topological polar surface area (TPSA) is 30.0 Å². The van der Waals surface area contributed by atoms with E-state index >= 15 is 0 Å². The fourth-order valence-corrected chi connectivity index (χ4v) is 1.68. The summed E-state index contributed by atoms with van der Waals surface area (Å²) in [6.07, 6.45) is 3.40. The predicted molar refractivity (Wildman–Crippen MR) is 55.0 cm³/mol. The summed E-state index contributed by atoms with van der Waals surface area (Å²) in [5.41, 5.74) is 2.04. The van der Waals surface area contributed by atoms with Gasteiger partial charge in [-0.25, -0.2) is 0 Å². The number of carbonyl (C=O) groups excluding carboxylic acids is 1. The van der Waals surface area contributed by atoms with E-state index in [1.165, 1.54) is 0 Å². The van der Waals surface area contributed by atoms with Crippen LogP contribution in [0.25, 0.3) is 0 Å². The maximum Gasteiger partial charge on any atom is 0.142 e. The normalized spacial score (nSPS) is 24.7. The van der Waals surface area contributed by atoms with Crippen molar-refractivity contribution in [3.8, 4) is 0 Å². The van der Waals surface area contributed by atoms with E-state index in [0.717, 1.165) is 17.7 Å². The molecule has 1 saturated carbocycles. The quantitative estimate of drug-likeness (QED) is 0.729. The van der Waals surface area contributed by atoms with Gasteiger partial charge in [-0.15, -0.1) is 0 Å². The van der Waals surface area contributed by atoms with Crippen LogP contribution in [0.5, 0.6) is 0 Å². The molecule has 0 bridgehead atoms. The van der Waals surface area contributed by atoms with Crippen LogP contribution in [0, 0.1) is 18.8 Å². The summed E-state index contributed by atoms with van der Waals surface area (Å²) in [6, 6.07) is 3.95. The Balaban J connectivity index is 1.97. The number of carbonyl (C=O) groups is 1. The number of pyridine rings is 1. The summed E-state index contributed by atoms with van der Waals surface area (Å²) in [6.45, 7) is 4.13. The highest BCUT2D eigenvalue weighted by atomic mass is 16.1. The second-order valence-electron chi connectivity index (χ2n) is 4.29. The first-order valence-electron chi connectivity index (χ1n) is 5.11. The zero-order valence-corrected chi connectivity index (χ0v) is 8.66. The molecule has 1 aliphatic carbocycles. The Kier molecular flexibility index (Phi) is 2.36. The second-order valence-corrected chi connectivity index (χ2v) is 4.29. The molecule has 1 heterocycles.